The van der Waals surface area contributed by atoms with Gasteiger partial charge in [-0.15, -0.1) is 0 Å². The highest BCUT2D eigenvalue weighted by Gasteiger charge is 2.33. The monoisotopic (exact) mass is 559 g/mol. The van der Waals surface area contributed by atoms with Gasteiger partial charge in [-0.25, -0.2) is 12.8 Å². The lowest BCUT2D eigenvalue weighted by Crippen LogP contribution is -2.52. The van der Waals surface area contributed by atoms with Gasteiger partial charge in [-0.2, -0.15) is 0 Å². The molecular weight excluding hydrogens is 529 g/mol. The van der Waals surface area contributed by atoms with Crippen LogP contribution in [-0.4, -0.2) is 43.8 Å². The van der Waals surface area contributed by atoms with Crippen molar-refractivity contribution in [3.63, 3.8) is 0 Å². The SMILES string of the molecule is CC[C@H](C)NC(=O)[C@H](C)N(Cc1ccc(F)cc1)C(=O)CN(c1ccccc1Cl)S(=O)(=O)c1ccccc1. The van der Waals surface area contributed by atoms with E-state index in [4.69, 9.17) is 11.6 Å². The lowest BCUT2D eigenvalue weighted by atomic mass is 10.1. The normalized spacial score (nSPS) is 12.9. The maximum Gasteiger partial charge on any atom is 0.264 e. The standard InChI is InChI=1S/C28H31ClFN3O4S/c1-4-20(2)31-28(35)21(3)32(18-22-14-16-23(30)17-15-22)27(34)19-33(26-13-9-8-12-25(26)29)38(36,37)24-10-6-5-7-11-24/h5-17,20-21H,4,18-19H2,1-3H3,(H,31,35)/t20-,21-/m0/s1. The maximum atomic E-state index is 13.8. The predicted molar refractivity (Wildman–Crippen MR) is 147 cm³/mol. The Balaban J connectivity index is 2.02. The maximum absolute atomic E-state index is 13.8. The Labute approximate surface area is 228 Å². The number of carbonyl (C=O) groups excluding carboxylic acids is 2. The molecule has 0 spiro atoms. The molecule has 202 valence electrons. The van der Waals surface area contributed by atoms with Crippen molar-refractivity contribution in [1.29, 1.82) is 0 Å². The molecule has 10 heteroatoms. The molecule has 3 aromatic rings. The zero-order chi connectivity index (χ0) is 27.9. The van der Waals surface area contributed by atoms with Gasteiger partial charge in [0.25, 0.3) is 10.0 Å². The first-order valence-electron chi connectivity index (χ1n) is 12.2. The highest BCUT2D eigenvalue weighted by Crippen LogP contribution is 2.30. The van der Waals surface area contributed by atoms with E-state index in [1.54, 1.807) is 37.3 Å². The summed E-state index contributed by atoms with van der Waals surface area (Å²) in [4.78, 5) is 28.1. The van der Waals surface area contributed by atoms with E-state index in [0.29, 0.717) is 12.0 Å². The van der Waals surface area contributed by atoms with E-state index in [1.165, 1.54) is 53.4 Å². The number of para-hydroxylation sites is 1. The number of sulfonamides is 1. The topological polar surface area (TPSA) is 86.8 Å². The highest BCUT2D eigenvalue weighted by atomic mass is 35.5. The van der Waals surface area contributed by atoms with Crippen LogP contribution in [0.25, 0.3) is 0 Å². The van der Waals surface area contributed by atoms with Crippen LogP contribution >= 0.6 is 11.6 Å². The number of amides is 2. The number of anilines is 1. The molecule has 0 unspecified atom stereocenters. The van der Waals surface area contributed by atoms with Gasteiger partial charge >= 0.3 is 0 Å². The number of hydrogen-bond donors (Lipinski definition) is 1. The van der Waals surface area contributed by atoms with Gasteiger partial charge in [0.2, 0.25) is 11.8 Å². The fourth-order valence-corrected chi connectivity index (χ4v) is 5.46. The van der Waals surface area contributed by atoms with Crippen LogP contribution in [0.4, 0.5) is 10.1 Å². The first-order valence-corrected chi connectivity index (χ1v) is 14.0. The van der Waals surface area contributed by atoms with E-state index < -0.39 is 34.3 Å². The van der Waals surface area contributed by atoms with Gasteiger partial charge in [-0.05, 0) is 62.2 Å². The summed E-state index contributed by atoms with van der Waals surface area (Å²) >= 11 is 6.38. The Morgan fingerprint density at radius 1 is 0.947 bits per heavy atom. The Kier molecular flexibility index (Phi) is 9.88. The van der Waals surface area contributed by atoms with Crippen LogP contribution in [-0.2, 0) is 26.2 Å². The molecule has 0 aliphatic rings. The molecule has 0 radical (unpaired) electrons. The third-order valence-corrected chi connectivity index (χ3v) is 8.26. The van der Waals surface area contributed by atoms with Gasteiger partial charge in [0, 0.05) is 12.6 Å². The minimum Gasteiger partial charge on any atom is -0.352 e. The van der Waals surface area contributed by atoms with Gasteiger partial charge in [0.05, 0.1) is 15.6 Å². The molecule has 0 fully saturated rings. The summed E-state index contributed by atoms with van der Waals surface area (Å²) in [6, 6.07) is 18.5. The van der Waals surface area contributed by atoms with Crippen molar-refractivity contribution in [2.24, 2.45) is 0 Å². The molecule has 0 heterocycles. The molecule has 7 nitrogen and oxygen atoms in total. The van der Waals surface area contributed by atoms with Crippen molar-refractivity contribution in [1.82, 2.24) is 10.2 Å². The van der Waals surface area contributed by atoms with Crippen LogP contribution in [0.3, 0.4) is 0 Å². The minimum atomic E-state index is -4.20. The first kappa shape index (κ1) is 29.1. The molecule has 0 bridgehead atoms. The minimum absolute atomic E-state index is 0.0135. The predicted octanol–water partition coefficient (Wildman–Crippen LogP) is 5.01. The Morgan fingerprint density at radius 3 is 2.16 bits per heavy atom. The molecule has 0 aliphatic heterocycles. The Bertz CT molecular complexity index is 1350. The first-order chi connectivity index (χ1) is 18.0. The summed E-state index contributed by atoms with van der Waals surface area (Å²) in [5.41, 5.74) is 0.711. The Hall–Kier alpha value is -3.43. The van der Waals surface area contributed by atoms with Gasteiger partial charge < -0.3 is 10.2 Å². The number of carbonyl (C=O) groups is 2. The van der Waals surface area contributed by atoms with Crippen LogP contribution in [0.1, 0.15) is 32.8 Å². The molecule has 0 saturated heterocycles. The van der Waals surface area contributed by atoms with Crippen LogP contribution < -0.4 is 9.62 Å². The van der Waals surface area contributed by atoms with E-state index in [9.17, 15) is 22.4 Å². The van der Waals surface area contributed by atoms with Crippen LogP contribution in [0, 0.1) is 5.82 Å². The lowest BCUT2D eigenvalue weighted by molar-refractivity contribution is -0.139. The van der Waals surface area contributed by atoms with E-state index in [0.717, 1.165) is 4.31 Å². The Morgan fingerprint density at radius 2 is 1.55 bits per heavy atom. The molecule has 1 N–H and O–H groups in total. The molecular formula is C28H31ClFN3O4S. The summed E-state index contributed by atoms with van der Waals surface area (Å²) in [5, 5.41) is 3.01. The summed E-state index contributed by atoms with van der Waals surface area (Å²) in [5.74, 6) is -1.45. The summed E-state index contributed by atoms with van der Waals surface area (Å²) in [6.07, 6.45) is 0.694. The highest BCUT2D eigenvalue weighted by molar-refractivity contribution is 7.92. The molecule has 3 rings (SSSR count). The van der Waals surface area contributed by atoms with Crippen LogP contribution in [0.15, 0.2) is 83.8 Å². The number of benzene rings is 3. The largest absolute Gasteiger partial charge is 0.352 e. The number of rotatable bonds is 11. The van der Waals surface area contributed by atoms with E-state index >= 15 is 0 Å². The molecule has 0 saturated carbocycles. The molecule has 2 amide bonds. The zero-order valence-corrected chi connectivity index (χ0v) is 23.0. The lowest BCUT2D eigenvalue weighted by Gasteiger charge is -2.32. The second-order valence-electron chi connectivity index (χ2n) is 8.92. The van der Waals surface area contributed by atoms with Crippen molar-refractivity contribution in [2.45, 2.75) is 50.7 Å². The average Bonchev–Trinajstić information content (AvgIpc) is 2.91. The quantitative estimate of drug-likeness (QED) is 0.358. The molecule has 3 aromatic carbocycles. The van der Waals surface area contributed by atoms with Crippen LogP contribution in [0.5, 0.6) is 0 Å². The van der Waals surface area contributed by atoms with Crippen molar-refractivity contribution >= 4 is 39.1 Å². The van der Waals surface area contributed by atoms with E-state index in [1.807, 2.05) is 13.8 Å². The van der Waals surface area contributed by atoms with Crippen molar-refractivity contribution in [3.05, 3.63) is 95.3 Å². The zero-order valence-electron chi connectivity index (χ0n) is 21.5. The van der Waals surface area contributed by atoms with E-state index in [2.05, 4.69) is 5.32 Å². The summed E-state index contributed by atoms with van der Waals surface area (Å²) in [7, 11) is -4.20. The van der Waals surface area contributed by atoms with Gasteiger partial charge in [0.1, 0.15) is 18.4 Å². The molecule has 0 aliphatic carbocycles. The number of hydrogen-bond acceptors (Lipinski definition) is 4. The van der Waals surface area contributed by atoms with Crippen molar-refractivity contribution in [2.75, 3.05) is 10.8 Å². The molecule has 2 atom stereocenters. The van der Waals surface area contributed by atoms with Crippen molar-refractivity contribution in [3.8, 4) is 0 Å². The second kappa shape index (κ2) is 12.9. The number of nitrogens with one attached hydrogen (secondary N) is 1. The number of nitrogens with zero attached hydrogens (tertiary/aromatic N) is 2. The third-order valence-electron chi connectivity index (χ3n) is 6.17. The fraction of sp³-hybridized carbons (Fsp3) is 0.286. The summed E-state index contributed by atoms with van der Waals surface area (Å²) < 4.78 is 41.9. The fourth-order valence-electron chi connectivity index (χ4n) is 3.72. The molecule has 0 aromatic heterocycles. The number of halogens is 2. The smallest absolute Gasteiger partial charge is 0.264 e. The third kappa shape index (κ3) is 7.11. The summed E-state index contributed by atoms with van der Waals surface area (Å²) in [6.45, 7) is 4.71. The average molecular weight is 560 g/mol. The molecule has 38 heavy (non-hydrogen) atoms. The van der Waals surface area contributed by atoms with E-state index in [-0.39, 0.29) is 34.1 Å². The van der Waals surface area contributed by atoms with Crippen molar-refractivity contribution < 1.29 is 22.4 Å². The van der Waals surface area contributed by atoms with Crippen LogP contribution in [0.2, 0.25) is 5.02 Å². The van der Waals surface area contributed by atoms with Gasteiger partial charge in [-0.3, -0.25) is 13.9 Å². The van der Waals surface area contributed by atoms with Gasteiger partial charge in [0.15, 0.2) is 0 Å². The van der Waals surface area contributed by atoms with Gasteiger partial charge in [-0.1, -0.05) is 61.0 Å². The second-order valence-corrected chi connectivity index (χ2v) is 11.2.